The second-order valence-corrected chi connectivity index (χ2v) is 11.5. The van der Waals surface area contributed by atoms with Gasteiger partial charge in [0.05, 0.1) is 37.6 Å². The topological polar surface area (TPSA) is 150 Å². The van der Waals surface area contributed by atoms with E-state index in [9.17, 15) is 24.9 Å². The molecular formula is C35H39N5O6. The Hall–Kier alpha value is -4.84. The summed E-state index contributed by atoms with van der Waals surface area (Å²) in [6.07, 6.45) is 4.97. The Morgan fingerprint density at radius 2 is 1.87 bits per heavy atom. The van der Waals surface area contributed by atoms with Gasteiger partial charge in [-0.1, -0.05) is 66.8 Å². The van der Waals surface area contributed by atoms with Crippen LogP contribution in [0.1, 0.15) is 48.6 Å². The average Bonchev–Trinajstić information content (AvgIpc) is 3.61. The number of hydrogen-bond donors (Lipinski definition) is 4. The van der Waals surface area contributed by atoms with E-state index in [0.29, 0.717) is 41.3 Å². The Morgan fingerprint density at radius 1 is 1.09 bits per heavy atom. The number of hydrogen-bond acceptors (Lipinski definition) is 8. The van der Waals surface area contributed by atoms with Crippen LogP contribution < -0.4 is 15.0 Å². The first-order chi connectivity index (χ1) is 22.1. The molecule has 0 bridgehead atoms. The minimum Gasteiger partial charge on any atom is -0.497 e. The van der Waals surface area contributed by atoms with Crippen molar-refractivity contribution in [2.75, 3.05) is 23.9 Å². The smallest absolute Gasteiger partial charge is 0.264 e. The lowest BCUT2D eigenvalue weighted by Gasteiger charge is -2.28. The number of carbonyl (C=O) groups excluding carboxylic acids is 2. The van der Waals surface area contributed by atoms with E-state index in [1.54, 1.807) is 48.0 Å². The van der Waals surface area contributed by atoms with Crippen molar-refractivity contribution in [3.63, 3.8) is 0 Å². The maximum atomic E-state index is 14.0. The van der Waals surface area contributed by atoms with Crippen molar-refractivity contribution in [2.24, 2.45) is 5.92 Å². The lowest BCUT2D eigenvalue weighted by atomic mass is 9.83. The van der Waals surface area contributed by atoms with Crippen LogP contribution in [0.2, 0.25) is 0 Å². The third kappa shape index (κ3) is 6.71. The molecule has 5 rings (SSSR count). The summed E-state index contributed by atoms with van der Waals surface area (Å²) in [4.78, 5) is 27.5. The standard InChI is InChI=1S/C35H39N5O6/c1-23(10-7-8-17-39-21-31(37-38-39)29(22-41)26-12-5-4-6-13-26)35(45)30-19-28(46-3)15-16-32(30)40(34(35)44)20-25-11-9-14-27(18-25)36-33(43)24(2)42/h4-7,9-16,18-19,21,23-24,29,41-42,45H,8,17,20,22H2,1-3H3,(H,36,43)/b10-7+/t23-,24+,29?,35+/m1/s1. The molecule has 11 heteroatoms. The molecule has 46 heavy (non-hydrogen) atoms. The van der Waals surface area contributed by atoms with Crippen LogP contribution in [0.25, 0.3) is 0 Å². The molecule has 2 amide bonds. The molecule has 1 unspecified atom stereocenters. The Kier molecular flexibility index (Phi) is 9.96. The first-order valence-electron chi connectivity index (χ1n) is 15.2. The highest BCUT2D eigenvalue weighted by Gasteiger charge is 2.52. The van der Waals surface area contributed by atoms with E-state index in [1.165, 1.54) is 18.9 Å². The number of benzene rings is 3. The summed E-state index contributed by atoms with van der Waals surface area (Å²) in [6.45, 7) is 3.78. The molecular weight excluding hydrogens is 586 g/mol. The van der Waals surface area contributed by atoms with Gasteiger partial charge in [-0.25, -0.2) is 0 Å². The van der Waals surface area contributed by atoms with E-state index in [0.717, 1.165) is 11.1 Å². The lowest BCUT2D eigenvalue weighted by molar-refractivity contribution is -0.139. The first-order valence-corrected chi connectivity index (χ1v) is 15.2. The zero-order chi connectivity index (χ0) is 32.8. The van der Waals surface area contributed by atoms with Gasteiger partial charge in [-0.05, 0) is 54.8 Å². The van der Waals surface area contributed by atoms with Crippen molar-refractivity contribution in [1.82, 2.24) is 15.0 Å². The third-order valence-corrected chi connectivity index (χ3v) is 8.30. The van der Waals surface area contributed by atoms with Gasteiger partial charge in [0.1, 0.15) is 11.9 Å². The second-order valence-electron chi connectivity index (χ2n) is 11.5. The molecule has 1 aromatic heterocycles. The van der Waals surface area contributed by atoms with Crippen molar-refractivity contribution in [3.8, 4) is 5.75 Å². The van der Waals surface area contributed by atoms with E-state index in [1.807, 2.05) is 54.7 Å². The normalized spacial score (nSPS) is 18.0. The Balaban J connectivity index is 1.31. The number of amides is 2. The molecule has 0 saturated heterocycles. The van der Waals surface area contributed by atoms with Gasteiger partial charge in [0.25, 0.3) is 11.8 Å². The van der Waals surface area contributed by atoms with Crippen LogP contribution >= 0.6 is 0 Å². The molecule has 11 nitrogen and oxygen atoms in total. The van der Waals surface area contributed by atoms with Gasteiger partial charge in [-0.2, -0.15) is 0 Å². The van der Waals surface area contributed by atoms with Gasteiger partial charge in [0.15, 0.2) is 5.60 Å². The Labute approximate surface area is 267 Å². The number of aliphatic hydroxyl groups excluding tert-OH is 2. The number of ether oxygens (including phenoxy) is 1. The molecule has 0 radical (unpaired) electrons. The number of nitrogens with zero attached hydrogens (tertiary/aromatic N) is 4. The average molecular weight is 626 g/mol. The van der Waals surface area contributed by atoms with Crippen LogP contribution in [0, 0.1) is 5.92 Å². The summed E-state index contributed by atoms with van der Waals surface area (Å²) in [5.74, 6) is -1.34. The van der Waals surface area contributed by atoms with Gasteiger partial charge in [-0.15, -0.1) is 5.10 Å². The highest BCUT2D eigenvalue weighted by atomic mass is 16.5. The monoisotopic (exact) mass is 625 g/mol. The molecule has 0 spiro atoms. The Bertz CT molecular complexity index is 1700. The van der Waals surface area contributed by atoms with Gasteiger partial charge in [0, 0.05) is 29.9 Å². The predicted octanol–water partition coefficient (Wildman–Crippen LogP) is 3.75. The number of aromatic nitrogens is 3. The minimum atomic E-state index is -1.84. The summed E-state index contributed by atoms with van der Waals surface area (Å²) in [7, 11) is 1.53. The zero-order valence-electron chi connectivity index (χ0n) is 26.1. The fourth-order valence-electron chi connectivity index (χ4n) is 5.67. The molecule has 4 atom stereocenters. The van der Waals surface area contributed by atoms with Crippen molar-refractivity contribution in [2.45, 2.75) is 51.0 Å². The van der Waals surface area contributed by atoms with Crippen LogP contribution in [-0.2, 0) is 28.3 Å². The minimum absolute atomic E-state index is 0.0823. The third-order valence-electron chi connectivity index (χ3n) is 8.30. The van der Waals surface area contributed by atoms with Crippen LogP contribution in [0.3, 0.4) is 0 Å². The maximum Gasteiger partial charge on any atom is 0.264 e. The zero-order valence-corrected chi connectivity index (χ0v) is 26.1. The molecule has 0 fully saturated rings. The summed E-state index contributed by atoms with van der Waals surface area (Å²) in [5, 5.41) is 42.7. The summed E-state index contributed by atoms with van der Waals surface area (Å²) in [6, 6.07) is 21.9. The summed E-state index contributed by atoms with van der Waals surface area (Å²) in [5.41, 5.74) is 2.03. The molecule has 1 aliphatic heterocycles. The second kappa shape index (κ2) is 14.1. The number of methoxy groups -OCH3 is 1. The number of nitrogens with one attached hydrogen (secondary N) is 1. The van der Waals surface area contributed by atoms with Gasteiger partial charge in [-0.3, -0.25) is 14.3 Å². The molecule has 4 aromatic rings. The fourth-order valence-corrected chi connectivity index (χ4v) is 5.67. The van der Waals surface area contributed by atoms with E-state index in [2.05, 4.69) is 15.6 Å². The number of allylic oxidation sites excluding steroid dienone is 1. The molecule has 0 saturated carbocycles. The highest BCUT2D eigenvalue weighted by molar-refractivity contribution is 6.07. The van der Waals surface area contributed by atoms with E-state index in [4.69, 9.17) is 4.74 Å². The van der Waals surface area contributed by atoms with Crippen LogP contribution in [0.15, 0.2) is 91.1 Å². The lowest BCUT2D eigenvalue weighted by Crippen LogP contribution is -2.44. The highest BCUT2D eigenvalue weighted by Crippen LogP contribution is 2.47. The number of anilines is 2. The van der Waals surface area contributed by atoms with E-state index >= 15 is 0 Å². The maximum absolute atomic E-state index is 14.0. The van der Waals surface area contributed by atoms with Crippen LogP contribution in [0.5, 0.6) is 5.75 Å². The summed E-state index contributed by atoms with van der Waals surface area (Å²) < 4.78 is 7.14. The van der Waals surface area contributed by atoms with Crippen molar-refractivity contribution >= 4 is 23.2 Å². The first kappa shape index (κ1) is 32.6. The largest absolute Gasteiger partial charge is 0.497 e. The molecule has 240 valence electrons. The van der Waals surface area contributed by atoms with E-state index < -0.39 is 29.4 Å². The van der Waals surface area contributed by atoms with Crippen molar-refractivity contribution < 1.29 is 29.6 Å². The molecule has 2 heterocycles. The molecule has 0 aliphatic carbocycles. The Morgan fingerprint density at radius 3 is 2.59 bits per heavy atom. The van der Waals surface area contributed by atoms with Crippen LogP contribution in [-0.4, -0.2) is 61.9 Å². The summed E-state index contributed by atoms with van der Waals surface area (Å²) >= 11 is 0. The molecule has 3 aromatic carbocycles. The quantitative estimate of drug-likeness (QED) is 0.164. The van der Waals surface area contributed by atoms with Crippen molar-refractivity contribution in [1.29, 1.82) is 0 Å². The van der Waals surface area contributed by atoms with Gasteiger partial charge < -0.3 is 30.3 Å². The SMILES string of the molecule is COc1ccc2c(c1)[C@@](O)([C@H](C)/C=C/CCn1cc(C(CO)c3ccccc3)nn1)C(=O)N2Cc1cccc(NC(=O)[C@H](C)O)c1. The predicted molar refractivity (Wildman–Crippen MR) is 173 cm³/mol. The number of aryl methyl sites for hydroxylation is 1. The van der Waals surface area contributed by atoms with Crippen LogP contribution in [0.4, 0.5) is 11.4 Å². The van der Waals surface area contributed by atoms with E-state index in [-0.39, 0.29) is 19.1 Å². The van der Waals surface area contributed by atoms with Gasteiger partial charge in [0.2, 0.25) is 0 Å². The number of rotatable bonds is 13. The van der Waals surface area contributed by atoms with Crippen molar-refractivity contribution in [3.05, 3.63) is 114 Å². The fraction of sp³-hybridized carbons (Fsp3) is 0.314. The van der Waals surface area contributed by atoms with Gasteiger partial charge >= 0.3 is 0 Å². The number of aliphatic hydroxyl groups is 3. The molecule has 1 aliphatic rings. The molecule has 4 N–H and O–H groups in total. The number of fused-ring (bicyclic) bond motifs is 1. The number of carbonyl (C=O) groups is 2.